The van der Waals surface area contributed by atoms with Gasteiger partial charge < -0.3 is 28.4 Å². The Bertz CT molecular complexity index is 407. The molecule has 3 aliphatic heterocycles. The van der Waals surface area contributed by atoms with E-state index in [4.69, 9.17) is 28.4 Å². The maximum absolute atomic E-state index is 6.06. The van der Waals surface area contributed by atoms with E-state index in [0.717, 1.165) is 0 Å². The molecule has 0 amide bonds. The third kappa shape index (κ3) is 3.32. The molecular weight excluding hydrogens is 288 g/mol. The van der Waals surface area contributed by atoms with Crippen molar-refractivity contribution in [2.75, 3.05) is 13.2 Å². The lowest BCUT2D eigenvalue weighted by molar-refractivity contribution is -0.243. The van der Waals surface area contributed by atoms with Gasteiger partial charge in [-0.3, -0.25) is 0 Å². The summed E-state index contributed by atoms with van der Waals surface area (Å²) in [7, 11) is 0. The van der Waals surface area contributed by atoms with Crippen LogP contribution in [0.5, 0.6) is 0 Å². The highest BCUT2D eigenvalue weighted by atomic mass is 16.9. The molecule has 0 aromatic rings. The van der Waals surface area contributed by atoms with Crippen LogP contribution in [0.15, 0.2) is 0 Å². The number of hydrogen-bond acceptors (Lipinski definition) is 6. The fourth-order valence-electron chi connectivity index (χ4n) is 3.25. The molecule has 0 N–H and O–H groups in total. The quantitative estimate of drug-likeness (QED) is 0.791. The van der Waals surface area contributed by atoms with Crippen molar-refractivity contribution in [3.8, 4) is 0 Å². The van der Waals surface area contributed by atoms with Crippen molar-refractivity contribution in [2.45, 2.75) is 83.8 Å². The Balaban J connectivity index is 1.72. The molecule has 128 valence electrons. The van der Waals surface area contributed by atoms with Crippen molar-refractivity contribution in [3.63, 3.8) is 0 Å². The van der Waals surface area contributed by atoms with Crippen LogP contribution in [0, 0.1) is 5.92 Å². The first-order chi connectivity index (χ1) is 10.2. The molecule has 22 heavy (non-hydrogen) atoms. The topological polar surface area (TPSA) is 55.4 Å². The Morgan fingerprint density at radius 1 is 0.864 bits per heavy atom. The van der Waals surface area contributed by atoms with Gasteiger partial charge in [0.25, 0.3) is 0 Å². The highest BCUT2D eigenvalue weighted by Crippen LogP contribution is 2.44. The maximum Gasteiger partial charge on any atom is 0.190 e. The summed E-state index contributed by atoms with van der Waals surface area (Å²) in [5.41, 5.74) is 0. The average molecular weight is 316 g/mol. The summed E-state index contributed by atoms with van der Waals surface area (Å²) in [4.78, 5) is 0. The molecule has 6 nitrogen and oxygen atoms in total. The second-order valence-corrected chi connectivity index (χ2v) is 7.64. The molecule has 6 heteroatoms. The van der Waals surface area contributed by atoms with Gasteiger partial charge >= 0.3 is 0 Å². The van der Waals surface area contributed by atoms with E-state index in [-0.39, 0.29) is 24.4 Å². The summed E-state index contributed by atoms with van der Waals surface area (Å²) >= 11 is 0. The molecular formula is C16H28O6. The van der Waals surface area contributed by atoms with Crippen molar-refractivity contribution in [2.24, 2.45) is 5.92 Å². The first-order valence-electron chi connectivity index (χ1n) is 8.11. The van der Waals surface area contributed by atoms with E-state index in [9.17, 15) is 0 Å². The van der Waals surface area contributed by atoms with Gasteiger partial charge in [-0.05, 0) is 33.6 Å². The normalized spacial score (nSPS) is 42.4. The van der Waals surface area contributed by atoms with Gasteiger partial charge in [-0.1, -0.05) is 13.8 Å². The molecule has 0 radical (unpaired) electrons. The van der Waals surface area contributed by atoms with Crippen LogP contribution in [-0.2, 0) is 28.4 Å². The van der Waals surface area contributed by atoms with Gasteiger partial charge in [0.15, 0.2) is 17.9 Å². The fourth-order valence-corrected chi connectivity index (χ4v) is 3.25. The molecule has 0 bridgehead atoms. The van der Waals surface area contributed by atoms with Gasteiger partial charge in [-0.2, -0.15) is 0 Å². The molecule has 5 unspecified atom stereocenters. The van der Waals surface area contributed by atoms with E-state index in [1.54, 1.807) is 0 Å². The zero-order chi connectivity index (χ0) is 16.1. The molecule has 3 rings (SSSR count). The maximum atomic E-state index is 6.06. The minimum Gasteiger partial charge on any atom is -0.378 e. The number of rotatable bonds is 4. The van der Waals surface area contributed by atoms with Crippen LogP contribution in [0.3, 0.4) is 0 Å². The molecule has 3 fully saturated rings. The Hall–Kier alpha value is -0.240. The molecule has 0 aromatic heterocycles. The van der Waals surface area contributed by atoms with Crippen LogP contribution >= 0.6 is 0 Å². The minimum atomic E-state index is -0.677. The number of fused-ring (bicyclic) bond motifs is 3. The molecule has 0 aliphatic carbocycles. The summed E-state index contributed by atoms with van der Waals surface area (Å²) in [6, 6.07) is 0. The predicted molar refractivity (Wildman–Crippen MR) is 78.2 cm³/mol. The van der Waals surface area contributed by atoms with Crippen LogP contribution in [0.2, 0.25) is 0 Å². The smallest absolute Gasteiger partial charge is 0.190 e. The van der Waals surface area contributed by atoms with Crippen molar-refractivity contribution < 1.29 is 28.4 Å². The molecule has 0 spiro atoms. The minimum absolute atomic E-state index is 0.205. The summed E-state index contributed by atoms with van der Waals surface area (Å²) in [5.74, 6) is -0.849. The van der Waals surface area contributed by atoms with Crippen LogP contribution in [0.25, 0.3) is 0 Å². The van der Waals surface area contributed by atoms with Gasteiger partial charge in [0.1, 0.15) is 24.4 Å². The van der Waals surface area contributed by atoms with E-state index in [0.29, 0.717) is 19.1 Å². The molecule has 0 saturated carbocycles. The van der Waals surface area contributed by atoms with Crippen molar-refractivity contribution in [1.82, 2.24) is 0 Å². The first-order valence-corrected chi connectivity index (χ1v) is 8.11. The SMILES string of the molecule is CC(C)COCC1OC2OC(C)(C)OC2C2OC(C)(C)OC12. The molecule has 3 heterocycles. The van der Waals surface area contributed by atoms with Crippen molar-refractivity contribution in [1.29, 1.82) is 0 Å². The molecule has 5 atom stereocenters. The average Bonchev–Trinajstić information content (AvgIpc) is 2.83. The first kappa shape index (κ1) is 16.6. The standard InChI is InChI=1S/C16H28O6/c1-9(2)7-17-8-10-11-12(20-15(3,4)19-11)13-14(18-10)22-16(5,6)21-13/h9-14H,7-8H2,1-6H3. The van der Waals surface area contributed by atoms with Gasteiger partial charge in [0.05, 0.1) is 6.61 Å². The predicted octanol–water partition coefficient (Wildman–Crippen LogP) is 2.06. The van der Waals surface area contributed by atoms with E-state index in [1.165, 1.54) is 0 Å². The zero-order valence-corrected chi connectivity index (χ0v) is 14.3. The van der Waals surface area contributed by atoms with Crippen molar-refractivity contribution in [3.05, 3.63) is 0 Å². The lowest BCUT2D eigenvalue weighted by Crippen LogP contribution is -2.56. The number of hydrogen-bond donors (Lipinski definition) is 0. The third-order valence-electron chi connectivity index (χ3n) is 3.98. The van der Waals surface area contributed by atoms with E-state index >= 15 is 0 Å². The third-order valence-corrected chi connectivity index (χ3v) is 3.98. The zero-order valence-electron chi connectivity index (χ0n) is 14.3. The summed E-state index contributed by atoms with van der Waals surface area (Å²) in [6.07, 6.45) is -1.35. The van der Waals surface area contributed by atoms with Crippen molar-refractivity contribution >= 4 is 0 Å². The van der Waals surface area contributed by atoms with Gasteiger partial charge in [0, 0.05) is 6.61 Å². The second kappa shape index (κ2) is 5.69. The van der Waals surface area contributed by atoms with E-state index < -0.39 is 17.9 Å². The van der Waals surface area contributed by atoms with Crippen LogP contribution in [0.1, 0.15) is 41.5 Å². The summed E-state index contributed by atoms with van der Waals surface area (Å²) in [5, 5.41) is 0. The molecule has 0 aromatic carbocycles. The fraction of sp³-hybridized carbons (Fsp3) is 1.00. The van der Waals surface area contributed by atoms with Gasteiger partial charge in [0.2, 0.25) is 0 Å². The Kier molecular flexibility index (Phi) is 4.29. The Morgan fingerprint density at radius 3 is 2.14 bits per heavy atom. The summed E-state index contributed by atoms with van der Waals surface area (Å²) in [6.45, 7) is 13.0. The molecule has 3 aliphatic rings. The van der Waals surface area contributed by atoms with Crippen LogP contribution in [0.4, 0.5) is 0 Å². The number of ether oxygens (including phenoxy) is 6. The summed E-state index contributed by atoms with van der Waals surface area (Å²) < 4.78 is 35.7. The second-order valence-electron chi connectivity index (χ2n) is 7.64. The highest BCUT2D eigenvalue weighted by Gasteiger charge is 2.60. The van der Waals surface area contributed by atoms with Crippen LogP contribution < -0.4 is 0 Å². The monoisotopic (exact) mass is 316 g/mol. The largest absolute Gasteiger partial charge is 0.378 e. The lowest BCUT2D eigenvalue weighted by atomic mass is 9.99. The Morgan fingerprint density at radius 2 is 1.45 bits per heavy atom. The lowest BCUT2D eigenvalue weighted by Gasteiger charge is -2.37. The highest BCUT2D eigenvalue weighted by molar-refractivity contribution is 5.00. The van der Waals surface area contributed by atoms with E-state index in [2.05, 4.69) is 13.8 Å². The van der Waals surface area contributed by atoms with Gasteiger partial charge in [-0.25, -0.2) is 0 Å². The van der Waals surface area contributed by atoms with Crippen LogP contribution in [-0.4, -0.2) is 55.5 Å². The Labute approximate surface area is 132 Å². The van der Waals surface area contributed by atoms with Gasteiger partial charge in [-0.15, -0.1) is 0 Å². The molecule has 3 saturated heterocycles. The van der Waals surface area contributed by atoms with E-state index in [1.807, 2.05) is 27.7 Å².